The molecule has 0 atom stereocenters. The van der Waals surface area contributed by atoms with E-state index in [0.29, 0.717) is 24.1 Å². The zero-order valence-corrected chi connectivity index (χ0v) is 15.5. The Balaban J connectivity index is 0.00000261. The average molecular weight is 407 g/mol. The highest BCUT2D eigenvalue weighted by Crippen LogP contribution is 2.37. The van der Waals surface area contributed by atoms with E-state index in [1.165, 1.54) is 12.1 Å². The Hall–Kier alpha value is -2.00. The van der Waals surface area contributed by atoms with Crippen molar-refractivity contribution in [3.63, 3.8) is 0 Å². The monoisotopic (exact) mass is 406 g/mol. The van der Waals surface area contributed by atoms with Crippen LogP contribution in [0.5, 0.6) is 0 Å². The normalized spacial score (nSPS) is 20.1. The molecule has 0 spiro atoms. The van der Waals surface area contributed by atoms with Gasteiger partial charge in [-0.15, -0.1) is 17.5 Å². The fourth-order valence-electron chi connectivity index (χ4n) is 3.33. The van der Waals surface area contributed by atoms with Gasteiger partial charge in [0.25, 0.3) is 0 Å². The lowest BCUT2D eigenvalue weighted by molar-refractivity contribution is -0.136. The Kier molecular flexibility index (Phi) is 6.94. The van der Waals surface area contributed by atoms with Crippen molar-refractivity contribution in [1.29, 1.82) is 0 Å². The molecular formula is C17H22ClF3N4O2. The summed E-state index contributed by atoms with van der Waals surface area (Å²) < 4.78 is 44.7. The number of alkyl halides is 3. The van der Waals surface area contributed by atoms with Crippen LogP contribution in [-0.2, 0) is 6.18 Å². The number of H-pyrrole nitrogens is 1. The van der Waals surface area contributed by atoms with E-state index in [2.05, 4.69) is 20.8 Å². The summed E-state index contributed by atoms with van der Waals surface area (Å²) in [5.74, 6) is -0.468. The third kappa shape index (κ3) is 5.26. The van der Waals surface area contributed by atoms with Crippen molar-refractivity contribution in [1.82, 2.24) is 15.5 Å². The van der Waals surface area contributed by atoms with Crippen LogP contribution < -0.4 is 16.4 Å². The number of hydrogen-bond acceptors (Lipinski definition) is 5. The van der Waals surface area contributed by atoms with Crippen LogP contribution in [-0.4, -0.2) is 29.8 Å². The molecule has 0 radical (unpaired) electrons. The number of benzene rings is 1. The van der Waals surface area contributed by atoms with Crippen LogP contribution in [0, 0.1) is 5.92 Å². The molecule has 1 heterocycles. The van der Waals surface area contributed by atoms with E-state index >= 15 is 0 Å². The highest BCUT2D eigenvalue weighted by Gasteiger charge is 2.34. The second-order valence-electron chi connectivity index (χ2n) is 6.56. The molecule has 1 aromatic carbocycles. The maximum atomic E-state index is 13.3. The number of hydrogen-bond donors (Lipinski definition) is 3. The smallest absolute Gasteiger partial charge is 0.388 e. The first-order chi connectivity index (χ1) is 12.4. The number of halogens is 4. The van der Waals surface area contributed by atoms with E-state index in [1.807, 2.05) is 7.05 Å². The topological polar surface area (TPSA) is 83.0 Å². The molecule has 2 aromatic rings. The molecule has 150 valence electrons. The van der Waals surface area contributed by atoms with Crippen LogP contribution in [0.2, 0.25) is 0 Å². The summed E-state index contributed by atoms with van der Waals surface area (Å²) >= 11 is 0. The van der Waals surface area contributed by atoms with Gasteiger partial charge in [0.05, 0.1) is 5.56 Å². The van der Waals surface area contributed by atoms with Crippen LogP contribution in [0.25, 0.3) is 11.5 Å². The van der Waals surface area contributed by atoms with Gasteiger partial charge in [0.2, 0.25) is 5.89 Å². The second kappa shape index (κ2) is 8.79. The molecule has 1 aromatic heterocycles. The third-order valence-electron chi connectivity index (χ3n) is 4.85. The van der Waals surface area contributed by atoms with Gasteiger partial charge in [-0.3, -0.25) is 0 Å². The highest BCUT2D eigenvalue weighted by molar-refractivity contribution is 5.85. The summed E-state index contributed by atoms with van der Waals surface area (Å²) in [5.41, 5.74) is -0.475. The van der Waals surface area contributed by atoms with Crippen molar-refractivity contribution in [3.8, 4) is 11.5 Å². The molecule has 0 aliphatic heterocycles. The number of rotatable bonds is 5. The Morgan fingerprint density at radius 2 is 1.96 bits per heavy atom. The molecule has 3 N–H and O–H groups in total. The summed E-state index contributed by atoms with van der Waals surface area (Å²) in [4.78, 5) is 11.1. The molecule has 1 aliphatic rings. The van der Waals surface area contributed by atoms with E-state index in [1.54, 1.807) is 0 Å². The molecule has 1 aliphatic carbocycles. The summed E-state index contributed by atoms with van der Waals surface area (Å²) in [6.07, 6.45) is -0.500. The van der Waals surface area contributed by atoms with Gasteiger partial charge in [-0.1, -0.05) is 0 Å². The Labute approximate surface area is 160 Å². The lowest BCUT2D eigenvalue weighted by Crippen LogP contribution is -2.32. The zero-order valence-electron chi connectivity index (χ0n) is 14.7. The molecule has 1 fully saturated rings. The first-order valence-corrected chi connectivity index (χ1v) is 8.55. The number of aromatic amines is 1. The number of aromatic nitrogens is 2. The molecule has 27 heavy (non-hydrogen) atoms. The minimum Gasteiger partial charge on any atom is -0.388 e. The van der Waals surface area contributed by atoms with Gasteiger partial charge in [0.1, 0.15) is 0 Å². The third-order valence-corrected chi connectivity index (χ3v) is 4.85. The Morgan fingerprint density at radius 3 is 2.52 bits per heavy atom. The van der Waals surface area contributed by atoms with Crippen LogP contribution in [0.1, 0.15) is 31.2 Å². The Morgan fingerprint density at radius 1 is 1.26 bits per heavy atom. The van der Waals surface area contributed by atoms with Crippen LogP contribution >= 0.6 is 12.4 Å². The SMILES string of the molecule is CN[C@H]1CC[C@H](CNc2cc(-c3n[nH]c(=O)o3)ccc2C(F)(F)F)CC1.Cl. The van der Waals surface area contributed by atoms with Gasteiger partial charge in [0, 0.05) is 23.8 Å². The van der Waals surface area contributed by atoms with E-state index in [4.69, 9.17) is 4.42 Å². The second-order valence-corrected chi connectivity index (χ2v) is 6.56. The minimum absolute atomic E-state index is 0. The van der Waals surface area contributed by atoms with Crippen molar-refractivity contribution in [3.05, 3.63) is 34.3 Å². The highest BCUT2D eigenvalue weighted by atomic mass is 35.5. The molecule has 1 saturated carbocycles. The molecule has 0 amide bonds. The first kappa shape index (κ1) is 21.3. The van der Waals surface area contributed by atoms with Crippen molar-refractivity contribution < 1.29 is 17.6 Å². The fraction of sp³-hybridized carbons (Fsp3) is 0.529. The molecule has 0 saturated heterocycles. The van der Waals surface area contributed by atoms with Crippen molar-refractivity contribution >= 4 is 18.1 Å². The largest absolute Gasteiger partial charge is 0.434 e. The number of nitrogens with zero attached hydrogens (tertiary/aromatic N) is 1. The van der Waals surface area contributed by atoms with Crippen LogP contribution in [0.15, 0.2) is 27.4 Å². The summed E-state index contributed by atoms with van der Waals surface area (Å²) in [5, 5.41) is 12.0. The van der Waals surface area contributed by atoms with Crippen molar-refractivity contribution in [2.24, 2.45) is 5.92 Å². The van der Waals surface area contributed by atoms with E-state index in [-0.39, 0.29) is 24.0 Å². The van der Waals surface area contributed by atoms with E-state index < -0.39 is 17.5 Å². The number of nitrogens with one attached hydrogen (secondary N) is 3. The minimum atomic E-state index is -4.48. The maximum absolute atomic E-state index is 13.3. The molecule has 3 rings (SSSR count). The molecule has 10 heteroatoms. The standard InChI is InChI=1S/C17H21F3N4O2.ClH/c1-21-12-5-2-10(3-6-12)9-22-14-8-11(15-23-24-16(25)26-15)4-7-13(14)17(18,19)20;/h4,7-8,10,12,21-22H,2-3,5-6,9H2,1H3,(H,24,25);1H/t10-,12-;. The molecular weight excluding hydrogens is 385 g/mol. The number of anilines is 1. The van der Waals surface area contributed by atoms with Gasteiger partial charge < -0.3 is 15.1 Å². The van der Waals surface area contributed by atoms with Crippen molar-refractivity contribution in [2.45, 2.75) is 37.9 Å². The van der Waals surface area contributed by atoms with Crippen molar-refractivity contribution in [2.75, 3.05) is 18.9 Å². The van der Waals surface area contributed by atoms with Gasteiger partial charge in [-0.05, 0) is 56.8 Å². The Bertz CT molecular complexity index is 798. The average Bonchev–Trinajstić information content (AvgIpc) is 3.06. The summed E-state index contributed by atoms with van der Waals surface area (Å²) in [6.45, 7) is 0.466. The van der Waals surface area contributed by atoms with Gasteiger partial charge >= 0.3 is 11.9 Å². The van der Waals surface area contributed by atoms with E-state index in [9.17, 15) is 18.0 Å². The predicted octanol–water partition coefficient (Wildman–Crippen LogP) is 3.66. The maximum Gasteiger partial charge on any atom is 0.434 e. The predicted molar refractivity (Wildman–Crippen MR) is 98.1 cm³/mol. The summed E-state index contributed by atoms with van der Waals surface area (Å²) in [7, 11) is 1.93. The molecule has 0 bridgehead atoms. The van der Waals surface area contributed by atoms with Crippen LogP contribution in [0.3, 0.4) is 0 Å². The molecule has 0 unspecified atom stereocenters. The van der Waals surface area contributed by atoms with Gasteiger partial charge in [-0.25, -0.2) is 9.89 Å². The van der Waals surface area contributed by atoms with Gasteiger partial charge in [-0.2, -0.15) is 13.2 Å². The quantitative estimate of drug-likeness (QED) is 0.705. The lowest BCUT2D eigenvalue weighted by atomic mass is 9.86. The van der Waals surface area contributed by atoms with E-state index in [0.717, 1.165) is 31.7 Å². The molecule has 6 nitrogen and oxygen atoms in total. The van der Waals surface area contributed by atoms with Crippen LogP contribution in [0.4, 0.5) is 18.9 Å². The van der Waals surface area contributed by atoms with Gasteiger partial charge in [0.15, 0.2) is 0 Å². The first-order valence-electron chi connectivity index (χ1n) is 8.55. The lowest BCUT2D eigenvalue weighted by Gasteiger charge is -2.29. The zero-order chi connectivity index (χ0) is 18.7. The summed E-state index contributed by atoms with van der Waals surface area (Å²) in [6, 6.07) is 4.03. The fourth-order valence-corrected chi connectivity index (χ4v) is 3.33.